The fourth-order valence-corrected chi connectivity index (χ4v) is 2.09. The largest absolute Gasteiger partial charge is 0.481 e. The molecular weight excluding hydrogens is 319 g/mol. The number of benzene rings is 2. The van der Waals surface area contributed by atoms with Gasteiger partial charge in [-0.15, -0.1) is 0 Å². The lowest BCUT2D eigenvalue weighted by molar-refractivity contribution is -0.137. The van der Waals surface area contributed by atoms with Crippen molar-refractivity contribution in [3.8, 4) is 5.75 Å². The zero-order valence-corrected chi connectivity index (χ0v) is 13.4. The summed E-state index contributed by atoms with van der Waals surface area (Å²) in [4.78, 5) is 12.0. The number of aryl methyl sites for hydroxylation is 1. The van der Waals surface area contributed by atoms with Crippen LogP contribution in [-0.2, 0) is 17.5 Å². The summed E-state index contributed by atoms with van der Waals surface area (Å²) in [5, 5.41) is 2.65. The highest BCUT2D eigenvalue weighted by molar-refractivity contribution is 5.80. The number of alkyl halides is 3. The van der Waals surface area contributed by atoms with Crippen molar-refractivity contribution in [1.29, 1.82) is 0 Å². The van der Waals surface area contributed by atoms with Crippen molar-refractivity contribution >= 4 is 5.91 Å². The maximum atomic E-state index is 12.5. The SMILES string of the molecule is Cc1cccc(OC(C)C(=O)NCc2ccc(C(F)(F)F)cc2)c1. The fourth-order valence-electron chi connectivity index (χ4n) is 2.09. The van der Waals surface area contributed by atoms with Crippen molar-refractivity contribution in [2.75, 3.05) is 0 Å². The molecule has 24 heavy (non-hydrogen) atoms. The van der Waals surface area contributed by atoms with E-state index in [2.05, 4.69) is 5.32 Å². The maximum Gasteiger partial charge on any atom is 0.416 e. The van der Waals surface area contributed by atoms with Gasteiger partial charge >= 0.3 is 6.18 Å². The normalized spacial score (nSPS) is 12.5. The number of halogens is 3. The molecule has 0 aliphatic carbocycles. The van der Waals surface area contributed by atoms with Gasteiger partial charge < -0.3 is 10.1 Å². The Morgan fingerprint density at radius 1 is 1.17 bits per heavy atom. The Balaban J connectivity index is 1.88. The molecule has 0 saturated heterocycles. The molecule has 0 saturated carbocycles. The van der Waals surface area contributed by atoms with Gasteiger partial charge in [-0.05, 0) is 49.2 Å². The lowest BCUT2D eigenvalue weighted by Gasteiger charge is -2.15. The first-order chi connectivity index (χ1) is 11.3. The molecule has 3 nitrogen and oxygen atoms in total. The average Bonchev–Trinajstić information content (AvgIpc) is 2.52. The molecule has 0 heterocycles. The topological polar surface area (TPSA) is 38.3 Å². The molecule has 2 rings (SSSR count). The molecule has 0 radical (unpaired) electrons. The monoisotopic (exact) mass is 337 g/mol. The van der Waals surface area contributed by atoms with E-state index < -0.39 is 17.8 Å². The van der Waals surface area contributed by atoms with E-state index in [4.69, 9.17) is 4.74 Å². The van der Waals surface area contributed by atoms with E-state index in [0.29, 0.717) is 11.3 Å². The Hall–Kier alpha value is -2.50. The average molecular weight is 337 g/mol. The summed E-state index contributed by atoms with van der Waals surface area (Å²) in [7, 11) is 0. The first-order valence-corrected chi connectivity index (χ1v) is 7.43. The molecule has 128 valence electrons. The molecule has 0 bridgehead atoms. The summed E-state index contributed by atoms with van der Waals surface area (Å²) < 4.78 is 43.0. The highest BCUT2D eigenvalue weighted by Crippen LogP contribution is 2.29. The van der Waals surface area contributed by atoms with Crippen LogP contribution in [0.2, 0.25) is 0 Å². The van der Waals surface area contributed by atoms with E-state index in [9.17, 15) is 18.0 Å². The Labute approximate surface area is 138 Å². The first kappa shape index (κ1) is 17.8. The molecule has 0 spiro atoms. The Bertz CT molecular complexity index is 696. The zero-order chi connectivity index (χ0) is 17.7. The van der Waals surface area contributed by atoms with Crippen molar-refractivity contribution in [3.05, 3.63) is 65.2 Å². The number of hydrogen-bond donors (Lipinski definition) is 1. The predicted octanol–water partition coefficient (Wildman–Crippen LogP) is 4.10. The van der Waals surface area contributed by atoms with Crippen molar-refractivity contribution in [1.82, 2.24) is 5.32 Å². The van der Waals surface area contributed by atoms with Crippen LogP contribution in [-0.4, -0.2) is 12.0 Å². The maximum absolute atomic E-state index is 12.5. The molecule has 1 N–H and O–H groups in total. The van der Waals surface area contributed by atoms with Gasteiger partial charge in [-0.25, -0.2) is 0 Å². The number of hydrogen-bond acceptors (Lipinski definition) is 2. The smallest absolute Gasteiger partial charge is 0.416 e. The molecule has 0 fully saturated rings. The molecule has 1 unspecified atom stereocenters. The first-order valence-electron chi connectivity index (χ1n) is 7.43. The molecule has 0 aliphatic rings. The molecule has 1 amide bonds. The van der Waals surface area contributed by atoms with Crippen molar-refractivity contribution in [2.45, 2.75) is 32.7 Å². The third-order valence-electron chi connectivity index (χ3n) is 3.42. The lowest BCUT2D eigenvalue weighted by atomic mass is 10.1. The molecular formula is C18H18F3NO2. The van der Waals surface area contributed by atoms with Crippen molar-refractivity contribution in [3.63, 3.8) is 0 Å². The van der Waals surface area contributed by atoms with Gasteiger partial charge in [-0.3, -0.25) is 4.79 Å². The van der Waals surface area contributed by atoms with Crippen LogP contribution in [0.25, 0.3) is 0 Å². The number of ether oxygens (including phenoxy) is 1. The summed E-state index contributed by atoms with van der Waals surface area (Å²) >= 11 is 0. The van der Waals surface area contributed by atoms with Gasteiger partial charge in [0.05, 0.1) is 5.56 Å². The minimum absolute atomic E-state index is 0.137. The van der Waals surface area contributed by atoms with E-state index in [1.807, 2.05) is 25.1 Å². The van der Waals surface area contributed by atoms with Gasteiger partial charge in [-0.1, -0.05) is 24.3 Å². The van der Waals surface area contributed by atoms with Gasteiger partial charge in [-0.2, -0.15) is 13.2 Å². The minimum atomic E-state index is -4.36. The second-order valence-corrected chi connectivity index (χ2v) is 5.49. The lowest BCUT2D eigenvalue weighted by Crippen LogP contribution is -2.35. The summed E-state index contributed by atoms with van der Waals surface area (Å²) in [5.74, 6) is 0.253. The van der Waals surface area contributed by atoms with Gasteiger partial charge in [0.1, 0.15) is 5.75 Å². The summed E-state index contributed by atoms with van der Waals surface area (Å²) in [5.41, 5.74) is 0.887. The fraction of sp³-hybridized carbons (Fsp3) is 0.278. The van der Waals surface area contributed by atoms with Gasteiger partial charge in [0.25, 0.3) is 5.91 Å². The van der Waals surface area contributed by atoms with Crippen molar-refractivity contribution in [2.24, 2.45) is 0 Å². The minimum Gasteiger partial charge on any atom is -0.481 e. The van der Waals surface area contributed by atoms with E-state index in [1.54, 1.807) is 13.0 Å². The molecule has 0 aromatic heterocycles. The van der Waals surface area contributed by atoms with E-state index in [0.717, 1.165) is 17.7 Å². The van der Waals surface area contributed by atoms with Crippen LogP contribution < -0.4 is 10.1 Å². The second-order valence-electron chi connectivity index (χ2n) is 5.49. The van der Waals surface area contributed by atoms with Crippen LogP contribution in [0, 0.1) is 6.92 Å². The Kier molecular flexibility index (Phi) is 5.49. The zero-order valence-electron chi connectivity index (χ0n) is 13.4. The highest BCUT2D eigenvalue weighted by Gasteiger charge is 2.29. The van der Waals surface area contributed by atoms with E-state index in [1.165, 1.54) is 12.1 Å². The Morgan fingerprint density at radius 2 is 1.83 bits per heavy atom. The quantitative estimate of drug-likeness (QED) is 0.892. The van der Waals surface area contributed by atoms with Crippen LogP contribution in [0.4, 0.5) is 13.2 Å². The summed E-state index contributed by atoms with van der Waals surface area (Å²) in [6.07, 6.45) is -5.07. The molecule has 2 aromatic rings. The highest BCUT2D eigenvalue weighted by atomic mass is 19.4. The van der Waals surface area contributed by atoms with Gasteiger partial charge in [0.2, 0.25) is 0 Å². The van der Waals surface area contributed by atoms with Crippen LogP contribution >= 0.6 is 0 Å². The molecule has 1 atom stereocenters. The third kappa shape index (κ3) is 5.01. The van der Waals surface area contributed by atoms with Crippen LogP contribution in [0.1, 0.15) is 23.6 Å². The number of nitrogens with one attached hydrogen (secondary N) is 1. The standard InChI is InChI=1S/C18H18F3NO2/c1-12-4-3-5-16(10-12)24-13(2)17(23)22-11-14-6-8-15(9-7-14)18(19,20)21/h3-10,13H,11H2,1-2H3,(H,22,23). The summed E-state index contributed by atoms with van der Waals surface area (Å²) in [6.45, 7) is 3.67. The van der Waals surface area contributed by atoms with Crippen LogP contribution in [0.3, 0.4) is 0 Å². The second kappa shape index (κ2) is 7.38. The van der Waals surface area contributed by atoms with Gasteiger partial charge in [0, 0.05) is 6.54 Å². The third-order valence-corrected chi connectivity index (χ3v) is 3.42. The van der Waals surface area contributed by atoms with Crippen LogP contribution in [0.5, 0.6) is 5.75 Å². The van der Waals surface area contributed by atoms with E-state index in [-0.39, 0.29) is 12.5 Å². The predicted molar refractivity (Wildman–Crippen MR) is 84.6 cm³/mol. The number of amides is 1. The molecule has 2 aromatic carbocycles. The Morgan fingerprint density at radius 3 is 2.42 bits per heavy atom. The number of carbonyl (C=O) groups excluding carboxylic acids is 1. The number of rotatable bonds is 5. The van der Waals surface area contributed by atoms with Crippen LogP contribution in [0.15, 0.2) is 48.5 Å². The number of carbonyl (C=O) groups is 1. The summed E-state index contributed by atoms with van der Waals surface area (Å²) in [6, 6.07) is 12.0. The van der Waals surface area contributed by atoms with Gasteiger partial charge in [0.15, 0.2) is 6.10 Å². The van der Waals surface area contributed by atoms with Crippen molar-refractivity contribution < 1.29 is 22.7 Å². The van der Waals surface area contributed by atoms with E-state index >= 15 is 0 Å². The molecule has 0 aliphatic heterocycles. The molecule has 6 heteroatoms.